The zero-order valence-electron chi connectivity index (χ0n) is 24.5. The van der Waals surface area contributed by atoms with E-state index in [0.717, 1.165) is 96.9 Å². The first-order chi connectivity index (χ1) is 20.1. The van der Waals surface area contributed by atoms with Gasteiger partial charge >= 0.3 is 5.69 Å². The van der Waals surface area contributed by atoms with E-state index in [1.54, 1.807) is 14.2 Å². The van der Waals surface area contributed by atoms with Crippen molar-refractivity contribution >= 4 is 16.9 Å². The lowest BCUT2D eigenvalue weighted by molar-refractivity contribution is 0.0613. The molecule has 3 heterocycles. The molecule has 0 atom stereocenters. The van der Waals surface area contributed by atoms with Crippen LogP contribution in [0.4, 0.5) is 5.82 Å². The summed E-state index contributed by atoms with van der Waals surface area (Å²) in [4.78, 5) is 24.1. The van der Waals surface area contributed by atoms with E-state index in [9.17, 15) is 4.79 Å². The third-order valence-electron chi connectivity index (χ3n) is 7.98. The summed E-state index contributed by atoms with van der Waals surface area (Å²) in [5, 5.41) is 0. The van der Waals surface area contributed by atoms with Gasteiger partial charge in [-0.15, -0.1) is 0 Å². The predicted octanol–water partition coefficient (Wildman–Crippen LogP) is 6.11. The van der Waals surface area contributed by atoms with Crippen molar-refractivity contribution in [1.29, 1.82) is 0 Å². The van der Waals surface area contributed by atoms with Crippen LogP contribution in [0.5, 0.6) is 11.5 Å². The molecule has 0 bridgehead atoms. The number of imidazole rings is 1. The number of aryl methyl sites for hydroxylation is 1. The lowest BCUT2D eigenvalue weighted by Gasteiger charge is -2.26. The van der Waals surface area contributed by atoms with Crippen molar-refractivity contribution in [3.63, 3.8) is 0 Å². The van der Waals surface area contributed by atoms with Gasteiger partial charge in [-0.05, 0) is 73.1 Å². The molecule has 8 nitrogen and oxygen atoms in total. The van der Waals surface area contributed by atoms with E-state index in [1.807, 2.05) is 28.8 Å². The number of fused-ring (bicyclic) bond motifs is 1. The topological polar surface area (TPSA) is 81.6 Å². The van der Waals surface area contributed by atoms with Crippen molar-refractivity contribution in [1.82, 2.24) is 14.5 Å². The third kappa shape index (κ3) is 7.11. The number of H-pyrrole nitrogens is 1. The van der Waals surface area contributed by atoms with Crippen LogP contribution in [0.3, 0.4) is 0 Å². The molecular weight excluding hydrogens is 516 g/mol. The van der Waals surface area contributed by atoms with E-state index in [1.165, 1.54) is 0 Å². The first-order valence-electron chi connectivity index (χ1n) is 14.8. The second-order valence-electron chi connectivity index (χ2n) is 10.9. The third-order valence-corrected chi connectivity index (χ3v) is 7.98. The molecule has 1 saturated heterocycles. The molecule has 1 aliphatic rings. The number of aromatic nitrogens is 3. The number of pyridine rings is 1. The van der Waals surface area contributed by atoms with Gasteiger partial charge in [0.15, 0.2) is 5.82 Å². The number of aromatic amines is 1. The summed E-state index contributed by atoms with van der Waals surface area (Å²) >= 11 is 0. The molecule has 4 aromatic rings. The van der Waals surface area contributed by atoms with Crippen LogP contribution in [-0.4, -0.2) is 42.0 Å². The molecule has 8 heteroatoms. The first-order valence-corrected chi connectivity index (χ1v) is 14.8. The van der Waals surface area contributed by atoms with E-state index >= 15 is 0 Å². The summed E-state index contributed by atoms with van der Waals surface area (Å²) in [7, 11) is 3.36. The van der Waals surface area contributed by atoms with Gasteiger partial charge in [-0.1, -0.05) is 44.0 Å². The Balaban J connectivity index is 1.58. The molecule has 0 radical (unpaired) electrons. The van der Waals surface area contributed by atoms with Crippen LogP contribution >= 0.6 is 0 Å². The number of anilines is 1. The van der Waals surface area contributed by atoms with Gasteiger partial charge in [0.2, 0.25) is 0 Å². The Kier molecular flexibility index (Phi) is 9.62. The molecule has 0 aliphatic carbocycles. The number of hydrogen-bond acceptors (Lipinski definition) is 6. The Morgan fingerprint density at radius 2 is 1.56 bits per heavy atom. The Morgan fingerprint density at radius 1 is 0.951 bits per heavy atom. The molecule has 0 saturated carbocycles. The monoisotopic (exact) mass is 558 g/mol. The average molecular weight is 559 g/mol. The van der Waals surface area contributed by atoms with E-state index in [0.29, 0.717) is 25.6 Å². The molecule has 0 amide bonds. The van der Waals surface area contributed by atoms with Gasteiger partial charge in [0.05, 0.1) is 19.7 Å². The number of ether oxygens (including phenoxy) is 3. The minimum Gasteiger partial charge on any atom is -0.497 e. The van der Waals surface area contributed by atoms with E-state index in [4.69, 9.17) is 19.2 Å². The fourth-order valence-electron chi connectivity index (χ4n) is 5.58. The summed E-state index contributed by atoms with van der Waals surface area (Å²) in [5.74, 6) is 2.88. The highest BCUT2D eigenvalue weighted by atomic mass is 16.5. The summed E-state index contributed by atoms with van der Waals surface area (Å²) in [6.45, 7) is 5.68. The summed E-state index contributed by atoms with van der Waals surface area (Å²) in [6, 6.07) is 18.4. The molecule has 1 N–H and O–H groups in total. The SMILES string of the molecule is CCCCCc1cc2c([nH]c(=O)n2CC2CCOCC2)c(N(Cc2ccc(OC)cc2)Cc2ccc(OC)cc2)n1. The fourth-order valence-corrected chi connectivity index (χ4v) is 5.58. The van der Waals surface area contributed by atoms with Crippen LogP contribution in [0.2, 0.25) is 0 Å². The maximum atomic E-state index is 13.4. The number of nitrogens with zero attached hydrogens (tertiary/aromatic N) is 3. The highest BCUT2D eigenvalue weighted by molar-refractivity contribution is 5.87. The van der Waals surface area contributed by atoms with E-state index < -0.39 is 0 Å². The zero-order valence-corrected chi connectivity index (χ0v) is 24.5. The van der Waals surface area contributed by atoms with Crippen LogP contribution < -0.4 is 20.1 Å². The van der Waals surface area contributed by atoms with E-state index in [2.05, 4.69) is 47.1 Å². The zero-order chi connectivity index (χ0) is 28.6. The van der Waals surface area contributed by atoms with Crippen molar-refractivity contribution in [2.45, 2.75) is 65.1 Å². The highest BCUT2D eigenvalue weighted by Crippen LogP contribution is 2.29. The molecule has 218 valence electrons. The minimum absolute atomic E-state index is 0.0749. The average Bonchev–Trinajstić information content (AvgIpc) is 3.32. The van der Waals surface area contributed by atoms with Gasteiger partial charge in [-0.3, -0.25) is 4.57 Å². The maximum Gasteiger partial charge on any atom is 0.326 e. The van der Waals surface area contributed by atoms with Crippen LogP contribution in [0, 0.1) is 5.92 Å². The Bertz CT molecular complexity index is 1400. The Labute approximate surface area is 242 Å². The van der Waals surface area contributed by atoms with Crippen LogP contribution in [0.15, 0.2) is 59.4 Å². The molecule has 0 spiro atoms. The standard InChI is InChI=1S/C33H42N4O4/c1-4-5-6-7-27-20-30-31(35-33(38)37(30)23-26-16-18-41-19-17-26)32(34-27)36(21-24-8-12-28(39-2)13-9-24)22-25-10-14-29(40-3)15-11-25/h8-15,20,26H,4-7,16-19,21-23H2,1-3H3,(H,35,38). The summed E-state index contributed by atoms with van der Waals surface area (Å²) in [6.07, 6.45) is 6.20. The van der Waals surface area contributed by atoms with Gasteiger partial charge in [0, 0.05) is 38.5 Å². The van der Waals surface area contributed by atoms with Gasteiger partial charge < -0.3 is 24.1 Å². The number of benzene rings is 2. The van der Waals surface area contributed by atoms with Crippen LogP contribution in [-0.2, 0) is 30.8 Å². The van der Waals surface area contributed by atoms with Crippen molar-refractivity contribution in [2.24, 2.45) is 5.92 Å². The van der Waals surface area contributed by atoms with E-state index in [-0.39, 0.29) is 5.69 Å². The minimum atomic E-state index is -0.0749. The van der Waals surface area contributed by atoms with Crippen molar-refractivity contribution in [2.75, 3.05) is 32.3 Å². The normalized spacial score (nSPS) is 13.9. The van der Waals surface area contributed by atoms with Gasteiger partial charge in [-0.2, -0.15) is 0 Å². The first kappa shape index (κ1) is 28.7. The molecule has 1 aliphatic heterocycles. The smallest absolute Gasteiger partial charge is 0.326 e. The van der Waals surface area contributed by atoms with Gasteiger partial charge in [0.25, 0.3) is 0 Å². The molecule has 2 aromatic heterocycles. The highest BCUT2D eigenvalue weighted by Gasteiger charge is 2.22. The Morgan fingerprint density at radius 3 is 2.12 bits per heavy atom. The lowest BCUT2D eigenvalue weighted by Crippen LogP contribution is -2.25. The number of rotatable bonds is 13. The number of methoxy groups -OCH3 is 2. The molecule has 0 unspecified atom stereocenters. The summed E-state index contributed by atoms with van der Waals surface area (Å²) < 4.78 is 18.3. The van der Waals surface area contributed by atoms with Crippen molar-refractivity contribution in [3.8, 4) is 11.5 Å². The second-order valence-corrected chi connectivity index (χ2v) is 10.9. The summed E-state index contributed by atoms with van der Waals surface area (Å²) in [5.41, 5.74) is 4.95. The van der Waals surface area contributed by atoms with Crippen molar-refractivity contribution < 1.29 is 14.2 Å². The maximum absolute atomic E-state index is 13.4. The van der Waals surface area contributed by atoms with Crippen molar-refractivity contribution in [3.05, 3.63) is 81.9 Å². The molecular formula is C33H42N4O4. The van der Waals surface area contributed by atoms with Gasteiger partial charge in [0.1, 0.15) is 17.0 Å². The van der Waals surface area contributed by atoms with Crippen LogP contribution in [0.1, 0.15) is 55.8 Å². The number of unbranched alkanes of at least 4 members (excludes halogenated alkanes) is 2. The van der Waals surface area contributed by atoms with Crippen LogP contribution in [0.25, 0.3) is 11.0 Å². The lowest BCUT2D eigenvalue weighted by atomic mass is 10.0. The Hall–Kier alpha value is -3.78. The molecule has 5 rings (SSSR count). The molecule has 1 fully saturated rings. The number of hydrogen-bond donors (Lipinski definition) is 1. The largest absolute Gasteiger partial charge is 0.497 e. The fraction of sp³-hybridized carbons (Fsp3) is 0.455. The second kappa shape index (κ2) is 13.7. The predicted molar refractivity (Wildman–Crippen MR) is 163 cm³/mol. The number of nitrogens with one attached hydrogen (secondary N) is 1. The van der Waals surface area contributed by atoms with Gasteiger partial charge in [-0.25, -0.2) is 9.78 Å². The molecule has 41 heavy (non-hydrogen) atoms. The molecule has 2 aromatic carbocycles. The quantitative estimate of drug-likeness (QED) is 0.200.